The molecule has 1 unspecified atom stereocenters. The lowest BCUT2D eigenvalue weighted by atomic mass is 10.1. The van der Waals surface area contributed by atoms with Gasteiger partial charge in [-0.2, -0.15) is 0 Å². The normalized spacial score (nSPS) is 12.4. The zero-order valence-electron chi connectivity index (χ0n) is 11.5. The molecule has 2 aromatic rings. The van der Waals surface area contributed by atoms with Gasteiger partial charge in [-0.05, 0) is 38.5 Å². The van der Waals surface area contributed by atoms with Gasteiger partial charge in [-0.1, -0.05) is 6.07 Å². The summed E-state index contributed by atoms with van der Waals surface area (Å²) in [4.78, 5) is 0. The maximum absolute atomic E-state index is 5.41. The van der Waals surface area contributed by atoms with Crippen molar-refractivity contribution in [3.63, 3.8) is 0 Å². The Morgan fingerprint density at radius 1 is 1.42 bits per heavy atom. The first-order chi connectivity index (χ1) is 9.20. The second-order valence-corrected chi connectivity index (χ2v) is 4.48. The van der Waals surface area contributed by atoms with E-state index >= 15 is 0 Å². The van der Waals surface area contributed by atoms with Gasteiger partial charge in [-0.3, -0.25) is 0 Å². The molecule has 1 aromatic heterocycles. The molecule has 5 heteroatoms. The van der Waals surface area contributed by atoms with Crippen molar-refractivity contribution in [3.8, 4) is 11.5 Å². The summed E-state index contributed by atoms with van der Waals surface area (Å²) < 4.78 is 10.6. The highest BCUT2D eigenvalue weighted by Crippen LogP contribution is 2.24. The van der Waals surface area contributed by atoms with Crippen molar-refractivity contribution in [3.05, 3.63) is 30.2 Å². The van der Waals surface area contributed by atoms with Gasteiger partial charge >= 0.3 is 0 Å². The van der Waals surface area contributed by atoms with E-state index in [1.54, 1.807) is 0 Å². The molecular weight excluding hydrogens is 242 g/mol. The summed E-state index contributed by atoms with van der Waals surface area (Å²) in [5.41, 5.74) is 3.14. The number of rotatable bonds is 6. The fourth-order valence-corrected chi connectivity index (χ4v) is 1.81. The monoisotopic (exact) mass is 261 g/mol. The van der Waals surface area contributed by atoms with E-state index in [2.05, 4.69) is 29.4 Å². The molecule has 0 spiro atoms. The third kappa shape index (κ3) is 3.54. The number of ether oxygens (including phenoxy) is 1. The van der Waals surface area contributed by atoms with Crippen LogP contribution < -0.4 is 5.32 Å². The average molecular weight is 261 g/mol. The first-order valence-corrected chi connectivity index (χ1v) is 6.42. The highest BCUT2D eigenvalue weighted by molar-refractivity contribution is 5.64. The maximum Gasteiger partial charge on any atom is 0.247 e. The lowest BCUT2D eigenvalue weighted by molar-refractivity contribution is 0.141. The van der Waals surface area contributed by atoms with Gasteiger partial charge in [0.1, 0.15) is 0 Å². The molecule has 0 saturated heterocycles. The van der Waals surface area contributed by atoms with Crippen LogP contribution in [0.5, 0.6) is 0 Å². The summed E-state index contributed by atoms with van der Waals surface area (Å²) in [6.07, 6.45) is 1.33. The molecule has 0 aliphatic rings. The molecule has 19 heavy (non-hydrogen) atoms. The van der Waals surface area contributed by atoms with Gasteiger partial charge in [0.15, 0.2) is 0 Å². The van der Waals surface area contributed by atoms with Crippen molar-refractivity contribution >= 4 is 5.69 Å². The predicted octanol–water partition coefficient (Wildman–Crippen LogP) is 2.88. The van der Waals surface area contributed by atoms with Crippen molar-refractivity contribution in [1.82, 2.24) is 10.2 Å². The SMILES string of the molecule is CCOCC(C)Nc1cc(-c2nnco2)ccc1C. The molecule has 1 N–H and O–H groups in total. The van der Waals surface area contributed by atoms with Gasteiger partial charge in [0.05, 0.1) is 6.61 Å². The second-order valence-electron chi connectivity index (χ2n) is 4.48. The maximum atomic E-state index is 5.41. The van der Waals surface area contributed by atoms with E-state index in [0.29, 0.717) is 12.5 Å². The number of nitrogens with one attached hydrogen (secondary N) is 1. The summed E-state index contributed by atoms with van der Waals surface area (Å²) in [5.74, 6) is 0.528. The van der Waals surface area contributed by atoms with Crippen molar-refractivity contribution in [2.24, 2.45) is 0 Å². The quantitative estimate of drug-likeness (QED) is 0.866. The molecule has 0 aliphatic heterocycles. The molecule has 0 amide bonds. The number of nitrogens with zero attached hydrogens (tertiary/aromatic N) is 2. The van der Waals surface area contributed by atoms with Gasteiger partial charge in [0.2, 0.25) is 12.3 Å². The number of aromatic nitrogens is 2. The summed E-state index contributed by atoms with van der Waals surface area (Å²) in [6, 6.07) is 6.28. The van der Waals surface area contributed by atoms with Gasteiger partial charge in [0, 0.05) is 23.9 Å². The van der Waals surface area contributed by atoms with Crippen molar-refractivity contribution < 1.29 is 9.15 Å². The Labute approximate surface area is 113 Å². The Kier molecular flexibility index (Phi) is 4.52. The molecule has 0 fully saturated rings. The van der Waals surface area contributed by atoms with Gasteiger partial charge in [-0.15, -0.1) is 10.2 Å². The smallest absolute Gasteiger partial charge is 0.247 e. The zero-order chi connectivity index (χ0) is 13.7. The van der Waals surface area contributed by atoms with Crippen molar-refractivity contribution in [2.75, 3.05) is 18.5 Å². The number of hydrogen-bond donors (Lipinski definition) is 1. The van der Waals surface area contributed by atoms with Gasteiger partial charge in [-0.25, -0.2) is 0 Å². The van der Waals surface area contributed by atoms with E-state index in [1.807, 2.05) is 25.1 Å². The van der Waals surface area contributed by atoms with Crippen LogP contribution in [0.15, 0.2) is 29.0 Å². The van der Waals surface area contributed by atoms with Crippen LogP contribution in [0.2, 0.25) is 0 Å². The fourth-order valence-electron chi connectivity index (χ4n) is 1.81. The molecule has 0 saturated carbocycles. The lowest BCUT2D eigenvalue weighted by Crippen LogP contribution is -2.22. The van der Waals surface area contributed by atoms with E-state index < -0.39 is 0 Å². The Bertz CT molecular complexity index is 511. The molecule has 2 rings (SSSR count). The molecule has 0 aliphatic carbocycles. The minimum atomic E-state index is 0.247. The molecule has 102 valence electrons. The van der Waals surface area contributed by atoms with E-state index in [4.69, 9.17) is 9.15 Å². The predicted molar refractivity (Wildman–Crippen MR) is 74.0 cm³/mol. The third-order valence-electron chi connectivity index (χ3n) is 2.82. The van der Waals surface area contributed by atoms with Crippen LogP contribution in [-0.2, 0) is 4.74 Å². The largest absolute Gasteiger partial charge is 0.423 e. The van der Waals surface area contributed by atoms with E-state index in [9.17, 15) is 0 Å². The zero-order valence-corrected chi connectivity index (χ0v) is 11.5. The molecular formula is C14H19N3O2. The molecule has 0 radical (unpaired) electrons. The standard InChI is InChI=1S/C14H19N3O2/c1-4-18-8-11(3)16-13-7-12(6-5-10(13)2)14-17-15-9-19-14/h5-7,9,11,16H,4,8H2,1-3H3. The van der Waals surface area contributed by atoms with Crippen LogP contribution in [0, 0.1) is 6.92 Å². The molecule has 1 heterocycles. The average Bonchev–Trinajstić information content (AvgIpc) is 2.93. The van der Waals surface area contributed by atoms with E-state index in [-0.39, 0.29) is 6.04 Å². The van der Waals surface area contributed by atoms with Crippen LogP contribution in [0.1, 0.15) is 19.4 Å². The summed E-state index contributed by atoms with van der Waals surface area (Å²) in [5, 5.41) is 11.0. The van der Waals surface area contributed by atoms with Crippen molar-refractivity contribution in [1.29, 1.82) is 0 Å². The number of anilines is 1. The molecule has 1 atom stereocenters. The van der Waals surface area contributed by atoms with Crippen molar-refractivity contribution in [2.45, 2.75) is 26.8 Å². The topological polar surface area (TPSA) is 60.2 Å². The minimum absolute atomic E-state index is 0.247. The van der Waals surface area contributed by atoms with Crippen LogP contribution in [0.3, 0.4) is 0 Å². The minimum Gasteiger partial charge on any atom is -0.423 e. The Morgan fingerprint density at radius 2 is 2.26 bits per heavy atom. The highest BCUT2D eigenvalue weighted by Gasteiger charge is 2.09. The molecule has 5 nitrogen and oxygen atoms in total. The van der Waals surface area contributed by atoms with Crippen LogP contribution in [0.4, 0.5) is 5.69 Å². The Hall–Kier alpha value is -1.88. The van der Waals surface area contributed by atoms with Gasteiger partial charge in [0.25, 0.3) is 0 Å². The summed E-state index contributed by atoms with van der Waals surface area (Å²) >= 11 is 0. The first-order valence-electron chi connectivity index (χ1n) is 6.42. The third-order valence-corrected chi connectivity index (χ3v) is 2.82. The summed E-state index contributed by atoms with van der Waals surface area (Å²) in [7, 11) is 0. The van der Waals surface area contributed by atoms with E-state index in [0.717, 1.165) is 17.9 Å². The van der Waals surface area contributed by atoms with Crippen LogP contribution in [0.25, 0.3) is 11.5 Å². The highest BCUT2D eigenvalue weighted by atomic mass is 16.5. The Morgan fingerprint density at radius 3 is 2.95 bits per heavy atom. The molecule has 0 bridgehead atoms. The fraction of sp³-hybridized carbons (Fsp3) is 0.429. The van der Waals surface area contributed by atoms with E-state index in [1.165, 1.54) is 12.0 Å². The molecule has 1 aromatic carbocycles. The lowest BCUT2D eigenvalue weighted by Gasteiger charge is -2.17. The van der Waals surface area contributed by atoms with Crippen LogP contribution >= 0.6 is 0 Å². The summed E-state index contributed by atoms with van der Waals surface area (Å²) in [6.45, 7) is 7.56. The second kappa shape index (κ2) is 6.33. The van der Waals surface area contributed by atoms with Crippen LogP contribution in [-0.4, -0.2) is 29.5 Å². The number of hydrogen-bond acceptors (Lipinski definition) is 5. The first kappa shape index (κ1) is 13.5. The number of benzene rings is 1. The Balaban J connectivity index is 2.13. The van der Waals surface area contributed by atoms with Gasteiger partial charge < -0.3 is 14.5 Å². The number of aryl methyl sites for hydroxylation is 1.